The van der Waals surface area contributed by atoms with Gasteiger partial charge in [0.1, 0.15) is 0 Å². The van der Waals surface area contributed by atoms with Crippen LogP contribution in [-0.4, -0.2) is 41.8 Å². The van der Waals surface area contributed by atoms with Crippen molar-refractivity contribution in [2.24, 2.45) is 0 Å². The van der Waals surface area contributed by atoms with Crippen LogP contribution in [0.2, 0.25) is 0 Å². The fraction of sp³-hybridized carbons (Fsp3) is 0.455. The number of sulfonamides is 1. The first-order valence-electron chi connectivity index (χ1n) is 5.51. The first kappa shape index (κ1) is 18.8. The molecule has 5 nitrogen and oxygen atoms in total. The highest BCUT2D eigenvalue weighted by Gasteiger charge is 2.12. The van der Waals surface area contributed by atoms with Crippen LogP contribution in [0.5, 0.6) is 0 Å². The molecule has 0 aromatic heterocycles. The van der Waals surface area contributed by atoms with E-state index in [2.05, 4.69) is 26.0 Å². The number of nitrogens with one attached hydrogen (secondary N) is 2. The van der Waals surface area contributed by atoms with Crippen LogP contribution in [0.15, 0.2) is 33.6 Å². The molecule has 0 amide bonds. The van der Waals surface area contributed by atoms with E-state index in [0.717, 1.165) is 4.47 Å². The number of methoxy groups -OCH3 is 1. The zero-order valence-corrected chi connectivity index (χ0v) is 13.8. The van der Waals surface area contributed by atoms with Gasteiger partial charge in [0, 0.05) is 31.2 Å². The van der Waals surface area contributed by atoms with E-state index in [1.54, 1.807) is 31.4 Å². The summed E-state index contributed by atoms with van der Waals surface area (Å²) < 4.78 is 31.9. The third-order valence-electron chi connectivity index (χ3n) is 2.18. The number of benzene rings is 1. The highest BCUT2D eigenvalue weighted by atomic mass is 79.9. The van der Waals surface area contributed by atoms with E-state index >= 15 is 0 Å². The van der Waals surface area contributed by atoms with Crippen molar-refractivity contribution in [1.82, 2.24) is 10.0 Å². The summed E-state index contributed by atoms with van der Waals surface area (Å²) in [5.74, 6) is 0. The zero-order chi connectivity index (χ0) is 13.4. The molecule has 1 rings (SSSR count). The van der Waals surface area contributed by atoms with E-state index in [0.29, 0.717) is 26.2 Å². The Hall–Kier alpha value is -0.180. The lowest BCUT2D eigenvalue weighted by molar-refractivity contribution is 0.199. The molecule has 8 heteroatoms. The molecule has 0 aliphatic carbocycles. The fourth-order valence-electron chi connectivity index (χ4n) is 1.29. The molecule has 0 heterocycles. The second-order valence-corrected chi connectivity index (χ2v) is 6.28. The molecular weight excluding hydrogens is 356 g/mol. The normalized spacial score (nSPS) is 11.1. The smallest absolute Gasteiger partial charge is 0.240 e. The van der Waals surface area contributed by atoms with E-state index in [-0.39, 0.29) is 17.3 Å². The predicted molar refractivity (Wildman–Crippen MR) is 81.3 cm³/mol. The maximum atomic E-state index is 11.9. The Morgan fingerprint density at radius 3 is 2.63 bits per heavy atom. The summed E-state index contributed by atoms with van der Waals surface area (Å²) >= 11 is 3.25. The maximum Gasteiger partial charge on any atom is 0.240 e. The van der Waals surface area contributed by atoms with Gasteiger partial charge < -0.3 is 10.1 Å². The van der Waals surface area contributed by atoms with Crippen LogP contribution in [-0.2, 0) is 14.8 Å². The largest absolute Gasteiger partial charge is 0.383 e. The summed E-state index contributed by atoms with van der Waals surface area (Å²) in [6, 6.07) is 6.60. The van der Waals surface area contributed by atoms with Crippen LogP contribution in [0.4, 0.5) is 0 Å². The molecule has 0 saturated carbocycles. The van der Waals surface area contributed by atoms with Crippen molar-refractivity contribution >= 4 is 38.4 Å². The van der Waals surface area contributed by atoms with E-state index in [4.69, 9.17) is 4.74 Å². The van der Waals surface area contributed by atoms with Crippen LogP contribution >= 0.6 is 28.3 Å². The van der Waals surface area contributed by atoms with Gasteiger partial charge in [-0.3, -0.25) is 0 Å². The Kier molecular flexibility index (Phi) is 9.59. The van der Waals surface area contributed by atoms with Crippen LogP contribution in [0.1, 0.15) is 0 Å². The zero-order valence-electron chi connectivity index (χ0n) is 10.6. The maximum absolute atomic E-state index is 11.9. The highest BCUT2D eigenvalue weighted by molar-refractivity contribution is 9.10. The van der Waals surface area contributed by atoms with Gasteiger partial charge in [-0.15, -0.1) is 12.4 Å². The van der Waals surface area contributed by atoms with Gasteiger partial charge in [0.05, 0.1) is 11.5 Å². The fourth-order valence-corrected chi connectivity index (χ4v) is 2.92. The van der Waals surface area contributed by atoms with Crippen LogP contribution in [0.25, 0.3) is 0 Å². The molecule has 2 N–H and O–H groups in total. The Morgan fingerprint density at radius 2 is 2.00 bits per heavy atom. The van der Waals surface area contributed by atoms with E-state index in [1.807, 2.05) is 0 Å². The summed E-state index contributed by atoms with van der Waals surface area (Å²) in [6.45, 7) is 2.22. The highest BCUT2D eigenvalue weighted by Crippen LogP contribution is 2.15. The molecule has 0 radical (unpaired) electrons. The first-order chi connectivity index (χ1) is 8.56. The van der Waals surface area contributed by atoms with Crippen LogP contribution in [0.3, 0.4) is 0 Å². The lowest BCUT2D eigenvalue weighted by Gasteiger charge is -2.08. The minimum atomic E-state index is -3.43. The van der Waals surface area contributed by atoms with Crippen LogP contribution in [0, 0.1) is 0 Å². The Balaban J connectivity index is 0.00000324. The molecule has 0 atom stereocenters. The molecule has 0 aliphatic rings. The monoisotopic (exact) mass is 372 g/mol. The lowest BCUT2D eigenvalue weighted by atomic mass is 10.4. The molecular formula is C11H18BrClN2O3S. The van der Waals surface area contributed by atoms with Gasteiger partial charge in [0.15, 0.2) is 0 Å². The first-order valence-corrected chi connectivity index (χ1v) is 7.79. The topological polar surface area (TPSA) is 67.4 Å². The second kappa shape index (κ2) is 9.68. The van der Waals surface area contributed by atoms with Crippen molar-refractivity contribution in [1.29, 1.82) is 0 Å². The van der Waals surface area contributed by atoms with Gasteiger partial charge in [0.2, 0.25) is 10.0 Å². The van der Waals surface area contributed by atoms with Crippen molar-refractivity contribution in [2.75, 3.05) is 33.4 Å². The third-order valence-corrected chi connectivity index (χ3v) is 4.14. The predicted octanol–water partition coefficient (Wildman–Crippen LogP) is 1.39. The van der Waals surface area contributed by atoms with E-state index < -0.39 is 10.0 Å². The Labute approximate surface area is 128 Å². The van der Waals surface area contributed by atoms with Gasteiger partial charge in [-0.05, 0) is 18.2 Å². The van der Waals surface area contributed by atoms with Gasteiger partial charge in [-0.25, -0.2) is 13.1 Å². The van der Waals surface area contributed by atoms with Crippen molar-refractivity contribution in [3.63, 3.8) is 0 Å². The number of hydrogen-bond donors (Lipinski definition) is 2. The second-order valence-electron chi connectivity index (χ2n) is 3.60. The summed E-state index contributed by atoms with van der Waals surface area (Å²) in [4.78, 5) is 0.258. The van der Waals surface area contributed by atoms with E-state index in [9.17, 15) is 8.42 Å². The molecule has 0 spiro atoms. The summed E-state index contributed by atoms with van der Waals surface area (Å²) in [6.07, 6.45) is 0. The average Bonchev–Trinajstić information content (AvgIpc) is 2.33. The average molecular weight is 374 g/mol. The van der Waals surface area contributed by atoms with Crippen molar-refractivity contribution in [2.45, 2.75) is 4.90 Å². The molecule has 0 saturated heterocycles. The molecule has 0 fully saturated rings. The molecule has 19 heavy (non-hydrogen) atoms. The molecule has 1 aromatic carbocycles. The van der Waals surface area contributed by atoms with Crippen molar-refractivity contribution < 1.29 is 13.2 Å². The molecule has 0 aliphatic heterocycles. The quantitative estimate of drug-likeness (QED) is 0.676. The summed E-state index contributed by atoms with van der Waals surface area (Å²) in [5, 5.41) is 3.06. The van der Waals surface area contributed by atoms with Crippen molar-refractivity contribution in [3.8, 4) is 0 Å². The standard InChI is InChI=1S/C11H17BrN2O3S.ClH/c1-17-8-7-13-5-6-14-18(15,16)11-4-2-3-10(12)9-11;/h2-4,9,13-14H,5-8H2,1H3;1H. The van der Waals surface area contributed by atoms with Gasteiger partial charge >= 0.3 is 0 Å². The molecule has 110 valence electrons. The minimum Gasteiger partial charge on any atom is -0.383 e. The van der Waals surface area contributed by atoms with Gasteiger partial charge in [-0.2, -0.15) is 0 Å². The van der Waals surface area contributed by atoms with E-state index in [1.165, 1.54) is 0 Å². The van der Waals surface area contributed by atoms with Gasteiger partial charge in [0.25, 0.3) is 0 Å². The van der Waals surface area contributed by atoms with Crippen molar-refractivity contribution in [3.05, 3.63) is 28.7 Å². The minimum absolute atomic E-state index is 0. The van der Waals surface area contributed by atoms with Crippen LogP contribution < -0.4 is 10.0 Å². The molecule has 1 aromatic rings. The Bertz CT molecular complexity index is 471. The van der Waals surface area contributed by atoms with Gasteiger partial charge in [-0.1, -0.05) is 22.0 Å². The number of ether oxygens (including phenoxy) is 1. The Morgan fingerprint density at radius 1 is 1.26 bits per heavy atom. The number of halogens is 2. The molecule has 0 bridgehead atoms. The third kappa shape index (κ3) is 7.24. The lowest BCUT2D eigenvalue weighted by Crippen LogP contribution is -2.33. The number of rotatable bonds is 8. The molecule has 0 unspecified atom stereocenters. The number of hydrogen-bond acceptors (Lipinski definition) is 4. The summed E-state index contributed by atoms with van der Waals surface area (Å²) in [5.41, 5.74) is 0. The summed E-state index contributed by atoms with van der Waals surface area (Å²) in [7, 11) is -1.80. The SMILES string of the molecule is COCCNCCNS(=O)(=O)c1cccc(Br)c1.Cl.